The fourth-order valence-electron chi connectivity index (χ4n) is 1.57. The van der Waals surface area contributed by atoms with Crippen LogP contribution in [0.5, 0.6) is 5.75 Å². The van der Waals surface area contributed by atoms with Crippen molar-refractivity contribution in [3.63, 3.8) is 0 Å². The number of hydrogen-bond acceptors (Lipinski definition) is 4. The zero-order chi connectivity index (χ0) is 13.3. The van der Waals surface area contributed by atoms with Gasteiger partial charge in [0.25, 0.3) is 5.91 Å². The second-order valence-electron chi connectivity index (χ2n) is 3.85. The van der Waals surface area contributed by atoms with Crippen LogP contribution in [0.4, 0.5) is 5.69 Å². The van der Waals surface area contributed by atoms with Gasteiger partial charge in [-0.15, -0.1) is 11.6 Å². The Hall–Kier alpha value is -1.88. The number of rotatable bonds is 3. The molecule has 1 atom stereocenters. The van der Waals surface area contributed by atoms with E-state index in [4.69, 9.17) is 16.3 Å². The number of Topliss-reactive ketones (excluding diaryl/α,β-unsaturated/α-hetero) is 2. The monoisotopic (exact) mass is 267 g/mol. The van der Waals surface area contributed by atoms with Crippen molar-refractivity contribution in [2.75, 3.05) is 11.2 Å². The van der Waals surface area contributed by atoms with E-state index in [1.807, 2.05) is 0 Å². The van der Waals surface area contributed by atoms with Gasteiger partial charge < -0.3 is 10.1 Å². The molecular formula is C12H10ClNO4. The first-order chi connectivity index (χ1) is 8.52. The fourth-order valence-corrected chi connectivity index (χ4v) is 1.69. The van der Waals surface area contributed by atoms with Crippen molar-refractivity contribution in [2.45, 2.75) is 13.0 Å². The van der Waals surface area contributed by atoms with Crippen molar-refractivity contribution in [1.29, 1.82) is 0 Å². The highest BCUT2D eigenvalue weighted by atomic mass is 35.5. The third kappa shape index (κ3) is 2.22. The van der Waals surface area contributed by atoms with Gasteiger partial charge in [-0.1, -0.05) is 0 Å². The van der Waals surface area contributed by atoms with E-state index in [1.54, 1.807) is 13.0 Å². The van der Waals surface area contributed by atoms with Crippen molar-refractivity contribution in [3.05, 3.63) is 23.8 Å². The number of carbonyl (C=O) groups is 3. The predicted octanol–water partition coefficient (Wildman–Crippen LogP) is 1.40. The highest BCUT2D eigenvalue weighted by molar-refractivity contribution is 6.51. The number of hydrogen-bond donors (Lipinski definition) is 1. The lowest BCUT2D eigenvalue weighted by Gasteiger charge is -2.23. The molecular weight excluding hydrogens is 258 g/mol. The van der Waals surface area contributed by atoms with Gasteiger partial charge in [0.1, 0.15) is 5.75 Å². The van der Waals surface area contributed by atoms with Gasteiger partial charge in [-0.2, -0.15) is 0 Å². The van der Waals surface area contributed by atoms with E-state index in [1.165, 1.54) is 12.1 Å². The highest BCUT2D eigenvalue weighted by Crippen LogP contribution is 2.30. The summed E-state index contributed by atoms with van der Waals surface area (Å²) in [5.74, 6) is -1.56. The van der Waals surface area contributed by atoms with Crippen LogP contribution >= 0.6 is 11.6 Å². The molecule has 0 radical (unpaired) electrons. The van der Waals surface area contributed by atoms with Crippen molar-refractivity contribution in [3.8, 4) is 5.75 Å². The molecule has 0 aromatic heterocycles. The minimum atomic E-state index is -0.687. The standard InChI is InChI=1S/C12H10ClNO4/c1-6-12(17)14-8-4-7(2-3-10(8)18-6)11(16)9(15)5-13/h2-4,6H,5H2,1H3,(H,14,17). The lowest BCUT2D eigenvalue weighted by Crippen LogP contribution is -2.34. The summed E-state index contributed by atoms with van der Waals surface area (Å²) < 4.78 is 5.33. The topological polar surface area (TPSA) is 72.5 Å². The fraction of sp³-hybridized carbons (Fsp3) is 0.250. The molecule has 0 spiro atoms. The van der Waals surface area contributed by atoms with E-state index in [0.29, 0.717) is 11.4 Å². The molecule has 5 nitrogen and oxygen atoms in total. The minimum Gasteiger partial charge on any atom is -0.479 e. The maximum absolute atomic E-state index is 11.6. The summed E-state index contributed by atoms with van der Waals surface area (Å²) in [5, 5.41) is 2.60. The molecule has 6 heteroatoms. The molecule has 18 heavy (non-hydrogen) atoms. The Bertz CT molecular complexity index is 541. The van der Waals surface area contributed by atoms with E-state index >= 15 is 0 Å². The maximum atomic E-state index is 11.6. The third-order valence-electron chi connectivity index (χ3n) is 2.55. The highest BCUT2D eigenvalue weighted by Gasteiger charge is 2.25. The number of ether oxygens (including phenoxy) is 1. The van der Waals surface area contributed by atoms with Gasteiger partial charge in [0.05, 0.1) is 11.6 Å². The number of nitrogens with one attached hydrogen (secondary N) is 1. The molecule has 1 aromatic rings. The van der Waals surface area contributed by atoms with Crippen LogP contribution in [0.1, 0.15) is 17.3 Å². The Labute approximate surface area is 108 Å². The summed E-state index contributed by atoms with van der Waals surface area (Å²) in [6, 6.07) is 4.42. The summed E-state index contributed by atoms with van der Waals surface area (Å²) in [6.45, 7) is 1.62. The molecule has 0 bridgehead atoms. The van der Waals surface area contributed by atoms with Crippen molar-refractivity contribution < 1.29 is 19.1 Å². The summed E-state index contributed by atoms with van der Waals surface area (Å²) in [4.78, 5) is 34.2. The number of halogens is 1. The second kappa shape index (κ2) is 4.78. The Morgan fingerprint density at radius 2 is 2.17 bits per heavy atom. The van der Waals surface area contributed by atoms with Gasteiger partial charge in [0.15, 0.2) is 6.10 Å². The van der Waals surface area contributed by atoms with Crippen molar-refractivity contribution in [1.82, 2.24) is 0 Å². The average Bonchev–Trinajstić information content (AvgIpc) is 2.37. The van der Waals surface area contributed by atoms with Gasteiger partial charge in [-0.25, -0.2) is 0 Å². The molecule has 1 N–H and O–H groups in total. The molecule has 1 heterocycles. The molecule has 1 aliphatic rings. The Morgan fingerprint density at radius 3 is 2.83 bits per heavy atom. The SMILES string of the molecule is CC1Oc2ccc(C(=O)C(=O)CCl)cc2NC1=O. The predicted molar refractivity (Wildman–Crippen MR) is 65.2 cm³/mol. The van der Waals surface area contributed by atoms with Crippen LogP contribution < -0.4 is 10.1 Å². The van der Waals surface area contributed by atoms with E-state index in [9.17, 15) is 14.4 Å². The van der Waals surface area contributed by atoms with Gasteiger partial charge in [0.2, 0.25) is 11.6 Å². The number of benzene rings is 1. The number of fused-ring (bicyclic) bond motifs is 1. The normalized spacial score (nSPS) is 17.4. The molecule has 0 saturated heterocycles. The maximum Gasteiger partial charge on any atom is 0.265 e. The Kier molecular flexibility index (Phi) is 3.34. The molecule has 0 fully saturated rings. The van der Waals surface area contributed by atoms with Crippen LogP contribution in [0.15, 0.2) is 18.2 Å². The number of alkyl halides is 1. The van der Waals surface area contributed by atoms with Gasteiger partial charge in [-0.05, 0) is 25.1 Å². The van der Waals surface area contributed by atoms with Crippen LogP contribution in [0, 0.1) is 0 Å². The van der Waals surface area contributed by atoms with Crippen LogP contribution in [-0.2, 0) is 9.59 Å². The smallest absolute Gasteiger partial charge is 0.265 e. The first-order valence-corrected chi connectivity index (χ1v) is 5.81. The first kappa shape index (κ1) is 12.6. The summed E-state index contributed by atoms with van der Waals surface area (Å²) in [7, 11) is 0. The van der Waals surface area contributed by atoms with E-state index < -0.39 is 17.7 Å². The van der Waals surface area contributed by atoms with Crippen molar-refractivity contribution in [2.24, 2.45) is 0 Å². The Balaban J connectivity index is 2.33. The second-order valence-corrected chi connectivity index (χ2v) is 4.11. The van der Waals surface area contributed by atoms with Gasteiger partial charge >= 0.3 is 0 Å². The van der Waals surface area contributed by atoms with E-state index in [0.717, 1.165) is 0 Å². The average molecular weight is 268 g/mol. The summed E-state index contributed by atoms with van der Waals surface area (Å²) >= 11 is 5.32. The van der Waals surface area contributed by atoms with Gasteiger partial charge in [0, 0.05) is 5.56 Å². The first-order valence-electron chi connectivity index (χ1n) is 5.28. The van der Waals surface area contributed by atoms with Crippen LogP contribution in [-0.4, -0.2) is 29.5 Å². The zero-order valence-electron chi connectivity index (χ0n) is 9.53. The lowest BCUT2D eigenvalue weighted by molar-refractivity contribution is -0.122. The number of amides is 1. The molecule has 0 aliphatic carbocycles. The molecule has 0 saturated carbocycles. The van der Waals surface area contributed by atoms with E-state index in [2.05, 4.69) is 5.32 Å². The van der Waals surface area contributed by atoms with Gasteiger partial charge in [-0.3, -0.25) is 14.4 Å². The third-order valence-corrected chi connectivity index (χ3v) is 2.79. The molecule has 2 rings (SSSR count). The Morgan fingerprint density at radius 1 is 1.44 bits per heavy atom. The largest absolute Gasteiger partial charge is 0.479 e. The zero-order valence-corrected chi connectivity index (χ0v) is 10.3. The lowest BCUT2D eigenvalue weighted by atomic mass is 10.1. The van der Waals surface area contributed by atoms with Crippen molar-refractivity contribution >= 4 is 34.8 Å². The number of ketones is 2. The summed E-state index contributed by atoms with van der Waals surface area (Å²) in [6.07, 6.45) is -0.580. The van der Waals surface area contributed by atoms with Crippen LogP contribution in [0.25, 0.3) is 0 Å². The molecule has 1 aromatic carbocycles. The number of carbonyl (C=O) groups excluding carboxylic acids is 3. The molecule has 1 amide bonds. The molecule has 94 valence electrons. The van der Waals surface area contributed by atoms with Crippen LogP contribution in [0.3, 0.4) is 0 Å². The molecule has 1 unspecified atom stereocenters. The van der Waals surface area contributed by atoms with E-state index in [-0.39, 0.29) is 17.4 Å². The quantitative estimate of drug-likeness (QED) is 0.510. The molecule has 1 aliphatic heterocycles. The number of anilines is 1. The minimum absolute atomic E-state index is 0.179. The summed E-state index contributed by atoms with van der Waals surface area (Å²) in [5.41, 5.74) is 0.559. The van der Waals surface area contributed by atoms with Crippen LogP contribution in [0.2, 0.25) is 0 Å².